The molecule has 1 saturated heterocycles. The van der Waals surface area contributed by atoms with Gasteiger partial charge in [-0.05, 0) is 48.4 Å². The Morgan fingerprint density at radius 3 is 2.71 bits per heavy atom. The van der Waals surface area contributed by atoms with Gasteiger partial charge in [-0.2, -0.15) is 0 Å². The maximum atomic E-state index is 13.4. The lowest BCUT2D eigenvalue weighted by Crippen LogP contribution is -2.29. The summed E-state index contributed by atoms with van der Waals surface area (Å²) < 4.78 is 6.93. The summed E-state index contributed by atoms with van der Waals surface area (Å²) >= 11 is 0. The average Bonchev–Trinajstić information content (AvgIpc) is 3.33. The summed E-state index contributed by atoms with van der Waals surface area (Å²) in [5.41, 5.74) is 2.58. The van der Waals surface area contributed by atoms with Crippen LogP contribution in [0, 0.1) is 6.92 Å². The van der Waals surface area contributed by atoms with Crippen molar-refractivity contribution in [2.45, 2.75) is 19.5 Å². The maximum Gasteiger partial charge on any atom is 0.295 e. The summed E-state index contributed by atoms with van der Waals surface area (Å²) in [5, 5.41) is 21.6. The average molecular weight is 470 g/mol. The number of pyridine rings is 2. The first-order chi connectivity index (χ1) is 16.9. The van der Waals surface area contributed by atoms with Gasteiger partial charge in [0.2, 0.25) is 0 Å². The summed E-state index contributed by atoms with van der Waals surface area (Å²) in [5.74, 6) is -1.79. The molecule has 4 heterocycles. The number of nitrogens with zero attached hydrogens (tertiary/aromatic N) is 4. The number of phenols is 1. The number of carbonyl (C=O) groups excluding carboxylic acids is 2. The first-order valence-electron chi connectivity index (χ1n) is 10.9. The van der Waals surface area contributed by atoms with Crippen LogP contribution in [0.25, 0.3) is 11.4 Å². The predicted octanol–water partition coefficient (Wildman–Crippen LogP) is 3.37. The molecule has 1 aliphatic heterocycles. The normalized spacial score (nSPS) is 17.3. The van der Waals surface area contributed by atoms with Gasteiger partial charge >= 0.3 is 0 Å². The second-order valence-electron chi connectivity index (χ2n) is 8.19. The van der Waals surface area contributed by atoms with Gasteiger partial charge in [0.25, 0.3) is 11.7 Å². The Bertz CT molecular complexity index is 1490. The van der Waals surface area contributed by atoms with Gasteiger partial charge in [0.1, 0.15) is 11.3 Å². The van der Waals surface area contributed by atoms with Gasteiger partial charge < -0.3 is 19.8 Å². The minimum atomic E-state index is -0.932. The van der Waals surface area contributed by atoms with Gasteiger partial charge in [-0.15, -0.1) is 0 Å². The van der Waals surface area contributed by atoms with Crippen LogP contribution < -0.4 is 4.74 Å². The van der Waals surface area contributed by atoms with Crippen LogP contribution in [0.1, 0.15) is 28.6 Å². The Kier molecular flexibility index (Phi) is 5.44. The van der Waals surface area contributed by atoms with Crippen molar-refractivity contribution in [1.29, 1.82) is 0 Å². The van der Waals surface area contributed by atoms with Crippen molar-refractivity contribution in [3.05, 3.63) is 95.2 Å². The number of hydrogen-bond donors (Lipinski definition) is 2. The van der Waals surface area contributed by atoms with E-state index in [4.69, 9.17) is 4.74 Å². The Hall–Kier alpha value is -4.66. The van der Waals surface area contributed by atoms with Gasteiger partial charge in [-0.3, -0.25) is 19.0 Å². The topological polar surface area (TPSA) is 117 Å². The SMILES string of the molecule is COc1cc(C2/C(=C(\O)c3c(C)nc4ccccn34)C(=O)C(=O)N2Cc2cccnc2)ccc1O. The van der Waals surface area contributed by atoms with Crippen LogP contribution in [0.4, 0.5) is 0 Å². The highest BCUT2D eigenvalue weighted by atomic mass is 16.5. The standard InChI is InChI=1S/C26H22N4O5/c1-15-22(29-11-4-3-7-20(29)28-15)24(32)21-23(17-8-9-18(31)19(12-17)35-2)30(26(34)25(21)33)14-16-6-5-10-27-13-16/h3-13,23,31-32H,14H2,1-2H3/b24-21+. The van der Waals surface area contributed by atoms with E-state index in [1.807, 2.05) is 6.07 Å². The van der Waals surface area contributed by atoms with E-state index in [9.17, 15) is 19.8 Å². The molecule has 9 nitrogen and oxygen atoms in total. The lowest BCUT2D eigenvalue weighted by Gasteiger charge is -2.25. The number of imidazole rings is 1. The summed E-state index contributed by atoms with van der Waals surface area (Å²) in [7, 11) is 1.41. The Balaban J connectivity index is 1.74. The zero-order valence-electron chi connectivity index (χ0n) is 19.0. The molecule has 1 aromatic carbocycles. The number of carbonyl (C=O) groups is 2. The first-order valence-corrected chi connectivity index (χ1v) is 10.9. The minimum absolute atomic E-state index is 0.0691. The van der Waals surface area contributed by atoms with Crippen LogP contribution in [0.15, 0.2) is 72.7 Å². The van der Waals surface area contributed by atoms with Crippen molar-refractivity contribution < 1.29 is 24.5 Å². The molecule has 0 saturated carbocycles. The van der Waals surface area contributed by atoms with Crippen LogP contribution in [-0.2, 0) is 16.1 Å². The molecule has 4 aromatic rings. The van der Waals surface area contributed by atoms with Crippen LogP contribution >= 0.6 is 0 Å². The molecule has 1 aliphatic rings. The number of Topliss-reactive ketones (excluding diaryl/α,β-unsaturated/α-hetero) is 1. The van der Waals surface area contributed by atoms with E-state index >= 15 is 0 Å². The van der Waals surface area contributed by atoms with E-state index in [1.54, 1.807) is 66.3 Å². The quantitative estimate of drug-likeness (QED) is 0.261. The van der Waals surface area contributed by atoms with Crippen molar-refractivity contribution in [3.63, 3.8) is 0 Å². The highest BCUT2D eigenvalue weighted by Crippen LogP contribution is 2.42. The molecule has 35 heavy (non-hydrogen) atoms. The second-order valence-corrected chi connectivity index (χ2v) is 8.19. The Labute approximate surface area is 200 Å². The van der Waals surface area contributed by atoms with Gasteiger partial charge in [-0.1, -0.05) is 18.2 Å². The molecule has 5 rings (SSSR count). The number of fused-ring (bicyclic) bond motifs is 1. The maximum absolute atomic E-state index is 13.4. The second kappa shape index (κ2) is 8.60. The molecule has 1 unspecified atom stereocenters. The summed E-state index contributed by atoms with van der Waals surface area (Å²) in [4.78, 5) is 36.6. The largest absolute Gasteiger partial charge is 0.505 e. The number of aromatic hydroxyl groups is 1. The molecule has 2 N–H and O–H groups in total. The number of rotatable bonds is 5. The van der Waals surface area contributed by atoms with Gasteiger partial charge in [0.05, 0.1) is 24.4 Å². The van der Waals surface area contributed by atoms with Crippen LogP contribution in [-0.4, -0.2) is 48.3 Å². The fraction of sp³-hybridized carbons (Fsp3) is 0.154. The van der Waals surface area contributed by atoms with Crippen molar-refractivity contribution in [1.82, 2.24) is 19.3 Å². The zero-order chi connectivity index (χ0) is 24.7. The molecule has 3 aromatic heterocycles. The fourth-order valence-corrected chi connectivity index (χ4v) is 4.47. The third-order valence-corrected chi connectivity index (χ3v) is 6.06. The number of aromatic nitrogens is 3. The van der Waals surface area contributed by atoms with Crippen LogP contribution in [0.5, 0.6) is 11.5 Å². The van der Waals surface area contributed by atoms with Gasteiger partial charge in [-0.25, -0.2) is 4.98 Å². The van der Waals surface area contributed by atoms with Gasteiger partial charge in [0, 0.05) is 25.1 Å². The van der Waals surface area contributed by atoms with Crippen molar-refractivity contribution in [2.75, 3.05) is 7.11 Å². The van der Waals surface area contributed by atoms with E-state index in [2.05, 4.69) is 9.97 Å². The molecule has 1 amide bonds. The Morgan fingerprint density at radius 1 is 1.14 bits per heavy atom. The van der Waals surface area contributed by atoms with Crippen molar-refractivity contribution in [3.8, 4) is 11.5 Å². The fourth-order valence-electron chi connectivity index (χ4n) is 4.47. The third kappa shape index (κ3) is 3.67. The Morgan fingerprint density at radius 2 is 1.97 bits per heavy atom. The number of aliphatic hydroxyl groups is 1. The molecular weight excluding hydrogens is 448 g/mol. The summed E-state index contributed by atoms with van der Waals surface area (Å²) in [6, 6.07) is 12.6. The number of hydrogen-bond acceptors (Lipinski definition) is 7. The smallest absolute Gasteiger partial charge is 0.295 e. The summed E-state index contributed by atoms with van der Waals surface area (Å²) in [6.45, 7) is 1.82. The zero-order valence-corrected chi connectivity index (χ0v) is 19.0. The lowest BCUT2D eigenvalue weighted by molar-refractivity contribution is -0.140. The monoisotopic (exact) mass is 470 g/mol. The molecule has 0 spiro atoms. The molecule has 1 atom stereocenters. The number of ketones is 1. The molecule has 0 bridgehead atoms. The number of likely N-dealkylation sites (tertiary alicyclic amines) is 1. The molecular formula is C26H22N4O5. The van der Waals surface area contributed by atoms with E-state index in [1.165, 1.54) is 18.1 Å². The number of aliphatic hydroxyl groups excluding tert-OH is 1. The predicted molar refractivity (Wildman–Crippen MR) is 127 cm³/mol. The lowest BCUT2D eigenvalue weighted by atomic mass is 9.95. The van der Waals surface area contributed by atoms with E-state index in [-0.39, 0.29) is 29.4 Å². The van der Waals surface area contributed by atoms with Crippen molar-refractivity contribution >= 4 is 23.1 Å². The number of methoxy groups -OCH3 is 1. The molecule has 0 radical (unpaired) electrons. The molecule has 176 valence electrons. The number of aryl methyl sites for hydroxylation is 1. The minimum Gasteiger partial charge on any atom is -0.505 e. The van der Waals surface area contributed by atoms with E-state index in [0.29, 0.717) is 22.6 Å². The number of benzene rings is 1. The van der Waals surface area contributed by atoms with Crippen molar-refractivity contribution in [2.24, 2.45) is 0 Å². The highest BCUT2D eigenvalue weighted by Gasteiger charge is 2.46. The van der Waals surface area contributed by atoms with Gasteiger partial charge in [0.15, 0.2) is 17.3 Å². The van der Waals surface area contributed by atoms with Crippen LogP contribution in [0.3, 0.4) is 0 Å². The van der Waals surface area contributed by atoms with Crippen LogP contribution in [0.2, 0.25) is 0 Å². The first kappa shape index (κ1) is 22.1. The number of amides is 1. The van der Waals surface area contributed by atoms with E-state index < -0.39 is 17.7 Å². The third-order valence-electron chi connectivity index (χ3n) is 6.06. The molecule has 1 fully saturated rings. The molecule has 0 aliphatic carbocycles. The number of ether oxygens (including phenoxy) is 1. The molecule has 9 heteroatoms. The van der Waals surface area contributed by atoms with E-state index in [0.717, 1.165) is 5.56 Å². The number of phenolic OH excluding ortho intramolecular Hbond substituents is 1. The highest BCUT2D eigenvalue weighted by molar-refractivity contribution is 6.46. The summed E-state index contributed by atoms with van der Waals surface area (Å²) in [6.07, 6.45) is 4.96.